The minimum Gasteiger partial charge on any atom is -0.377 e. The lowest BCUT2D eigenvalue weighted by Gasteiger charge is -2.39. The third kappa shape index (κ3) is 2.69. The maximum atomic E-state index is 12.5. The summed E-state index contributed by atoms with van der Waals surface area (Å²) < 4.78 is 5.62. The van der Waals surface area contributed by atoms with E-state index in [0.29, 0.717) is 5.91 Å². The number of piperidine rings is 1. The van der Waals surface area contributed by atoms with E-state index in [1.807, 2.05) is 4.90 Å². The summed E-state index contributed by atoms with van der Waals surface area (Å²) in [6.45, 7) is 7.50. The lowest BCUT2D eigenvalue weighted by atomic mass is 9.80. The van der Waals surface area contributed by atoms with Gasteiger partial charge in [-0.1, -0.05) is 13.8 Å². The predicted molar refractivity (Wildman–Crippen MR) is 71.1 cm³/mol. The molecule has 4 nitrogen and oxygen atoms in total. The summed E-state index contributed by atoms with van der Waals surface area (Å²) in [4.78, 5) is 14.5. The molecular weight excluding hydrogens is 228 g/mol. The molecule has 2 atom stereocenters. The van der Waals surface area contributed by atoms with Gasteiger partial charge in [0.25, 0.3) is 0 Å². The quantitative estimate of drug-likeness (QED) is 0.828. The first-order valence-electron chi connectivity index (χ1n) is 7.20. The molecule has 1 amide bonds. The average molecular weight is 254 g/mol. The Labute approximate surface area is 110 Å². The molecule has 0 saturated carbocycles. The molecule has 104 valence electrons. The van der Waals surface area contributed by atoms with E-state index >= 15 is 0 Å². The van der Waals surface area contributed by atoms with Crippen molar-refractivity contribution in [1.29, 1.82) is 0 Å². The zero-order chi connectivity index (χ0) is 13.2. The SMILES string of the molecule is CCC1OCCC1C(=O)N1CCC(C)(CN)CC1. The summed E-state index contributed by atoms with van der Waals surface area (Å²) in [5.74, 6) is 0.399. The minimum atomic E-state index is 0.0947. The Morgan fingerprint density at radius 1 is 1.44 bits per heavy atom. The van der Waals surface area contributed by atoms with Gasteiger partial charge in [0.05, 0.1) is 12.0 Å². The van der Waals surface area contributed by atoms with Crippen LogP contribution in [-0.2, 0) is 9.53 Å². The van der Waals surface area contributed by atoms with E-state index in [1.54, 1.807) is 0 Å². The highest BCUT2D eigenvalue weighted by molar-refractivity contribution is 5.79. The lowest BCUT2D eigenvalue weighted by Crippen LogP contribution is -2.47. The molecule has 2 heterocycles. The van der Waals surface area contributed by atoms with Gasteiger partial charge in [0, 0.05) is 19.7 Å². The number of hydrogen-bond acceptors (Lipinski definition) is 3. The van der Waals surface area contributed by atoms with E-state index in [-0.39, 0.29) is 17.4 Å². The zero-order valence-corrected chi connectivity index (χ0v) is 11.7. The highest BCUT2D eigenvalue weighted by Crippen LogP contribution is 2.32. The van der Waals surface area contributed by atoms with Crippen LogP contribution in [0.2, 0.25) is 0 Å². The molecule has 2 aliphatic rings. The van der Waals surface area contributed by atoms with E-state index in [1.165, 1.54) is 0 Å². The number of nitrogens with two attached hydrogens (primary N) is 1. The molecule has 0 radical (unpaired) electrons. The molecule has 0 bridgehead atoms. The van der Waals surface area contributed by atoms with Gasteiger partial charge in [0.2, 0.25) is 5.91 Å². The topological polar surface area (TPSA) is 55.6 Å². The minimum absolute atomic E-state index is 0.0947. The Kier molecular flexibility index (Phi) is 4.28. The smallest absolute Gasteiger partial charge is 0.228 e. The van der Waals surface area contributed by atoms with Gasteiger partial charge in [-0.25, -0.2) is 0 Å². The van der Waals surface area contributed by atoms with Crippen LogP contribution < -0.4 is 5.73 Å². The van der Waals surface area contributed by atoms with Crippen LogP contribution >= 0.6 is 0 Å². The highest BCUT2D eigenvalue weighted by atomic mass is 16.5. The van der Waals surface area contributed by atoms with E-state index in [9.17, 15) is 4.79 Å². The summed E-state index contributed by atoms with van der Waals surface area (Å²) >= 11 is 0. The fourth-order valence-corrected chi connectivity index (χ4v) is 3.04. The molecule has 4 heteroatoms. The molecule has 0 spiro atoms. The van der Waals surface area contributed by atoms with Gasteiger partial charge in [-0.2, -0.15) is 0 Å². The Bertz CT molecular complexity index is 298. The number of likely N-dealkylation sites (tertiary alicyclic amines) is 1. The molecular formula is C14H26N2O2. The summed E-state index contributed by atoms with van der Waals surface area (Å²) in [5, 5.41) is 0. The first-order chi connectivity index (χ1) is 8.59. The molecule has 2 unspecified atom stereocenters. The second-order valence-electron chi connectivity index (χ2n) is 6.05. The number of hydrogen-bond donors (Lipinski definition) is 1. The van der Waals surface area contributed by atoms with E-state index in [0.717, 1.165) is 51.9 Å². The second-order valence-corrected chi connectivity index (χ2v) is 6.05. The van der Waals surface area contributed by atoms with Gasteiger partial charge in [-0.3, -0.25) is 4.79 Å². The lowest BCUT2D eigenvalue weighted by molar-refractivity contribution is -0.139. The van der Waals surface area contributed by atoms with E-state index in [2.05, 4.69) is 13.8 Å². The summed E-state index contributed by atoms with van der Waals surface area (Å²) in [7, 11) is 0. The number of nitrogens with zero attached hydrogens (tertiary/aromatic N) is 1. The van der Waals surface area contributed by atoms with Crippen LogP contribution in [0.3, 0.4) is 0 Å². The Balaban J connectivity index is 1.91. The molecule has 2 saturated heterocycles. The molecule has 2 rings (SSSR count). The van der Waals surface area contributed by atoms with E-state index in [4.69, 9.17) is 10.5 Å². The maximum Gasteiger partial charge on any atom is 0.228 e. The van der Waals surface area contributed by atoms with Crippen LogP contribution in [0.1, 0.15) is 39.5 Å². The van der Waals surface area contributed by atoms with Crippen LogP contribution in [0.15, 0.2) is 0 Å². The molecule has 2 fully saturated rings. The fraction of sp³-hybridized carbons (Fsp3) is 0.929. The predicted octanol–water partition coefficient (Wildman–Crippen LogP) is 1.39. The van der Waals surface area contributed by atoms with Crippen LogP contribution in [0, 0.1) is 11.3 Å². The van der Waals surface area contributed by atoms with Crippen molar-refractivity contribution in [1.82, 2.24) is 4.90 Å². The molecule has 0 aliphatic carbocycles. The Hall–Kier alpha value is -0.610. The van der Waals surface area contributed by atoms with Crippen LogP contribution in [0.25, 0.3) is 0 Å². The number of amides is 1. The van der Waals surface area contributed by atoms with Gasteiger partial charge in [0.1, 0.15) is 0 Å². The summed E-state index contributed by atoms with van der Waals surface area (Å²) in [6.07, 6.45) is 4.02. The Morgan fingerprint density at radius 3 is 2.67 bits per heavy atom. The number of ether oxygens (including phenoxy) is 1. The standard InChI is InChI=1S/C14H26N2O2/c1-3-12-11(4-9-18-12)13(17)16-7-5-14(2,10-15)6-8-16/h11-12H,3-10,15H2,1-2H3. The van der Waals surface area contributed by atoms with Crippen molar-refractivity contribution in [2.24, 2.45) is 17.1 Å². The molecule has 0 aromatic carbocycles. The first-order valence-corrected chi connectivity index (χ1v) is 7.20. The molecule has 0 aromatic heterocycles. The molecule has 18 heavy (non-hydrogen) atoms. The fourth-order valence-electron chi connectivity index (χ4n) is 3.04. The van der Waals surface area contributed by atoms with Crippen LogP contribution in [-0.4, -0.2) is 43.2 Å². The van der Waals surface area contributed by atoms with Crippen LogP contribution in [0.4, 0.5) is 0 Å². The zero-order valence-electron chi connectivity index (χ0n) is 11.7. The molecule has 2 aliphatic heterocycles. The van der Waals surface area contributed by atoms with Crippen molar-refractivity contribution < 1.29 is 9.53 Å². The highest BCUT2D eigenvalue weighted by Gasteiger charge is 2.38. The van der Waals surface area contributed by atoms with Crippen molar-refractivity contribution in [2.45, 2.75) is 45.6 Å². The van der Waals surface area contributed by atoms with Crippen molar-refractivity contribution in [3.63, 3.8) is 0 Å². The monoisotopic (exact) mass is 254 g/mol. The molecule has 2 N–H and O–H groups in total. The largest absolute Gasteiger partial charge is 0.377 e. The van der Waals surface area contributed by atoms with Gasteiger partial charge >= 0.3 is 0 Å². The molecule has 0 aromatic rings. The number of carbonyl (C=O) groups is 1. The average Bonchev–Trinajstić information content (AvgIpc) is 2.87. The van der Waals surface area contributed by atoms with Crippen LogP contribution in [0.5, 0.6) is 0 Å². The van der Waals surface area contributed by atoms with Gasteiger partial charge in [-0.05, 0) is 37.6 Å². The van der Waals surface area contributed by atoms with Crippen molar-refractivity contribution in [3.8, 4) is 0 Å². The number of rotatable bonds is 3. The van der Waals surface area contributed by atoms with Gasteiger partial charge in [0.15, 0.2) is 0 Å². The summed E-state index contributed by atoms with van der Waals surface area (Å²) in [6, 6.07) is 0. The number of carbonyl (C=O) groups excluding carboxylic acids is 1. The summed E-state index contributed by atoms with van der Waals surface area (Å²) in [5.41, 5.74) is 6.03. The Morgan fingerprint density at radius 2 is 2.11 bits per heavy atom. The van der Waals surface area contributed by atoms with Crippen molar-refractivity contribution >= 4 is 5.91 Å². The third-order valence-electron chi connectivity index (χ3n) is 4.70. The van der Waals surface area contributed by atoms with Gasteiger partial charge in [-0.15, -0.1) is 0 Å². The maximum absolute atomic E-state index is 12.5. The normalized spacial score (nSPS) is 31.6. The van der Waals surface area contributed by atoms with Gasteiger partial charge < -0.3 is 15.4 Å². The van der Waals surface area contributed by atoms with Crippen molar-refractivity contribution in [3.05, 3.63) is 0 Å². The second kappa shape index (κ2) is 5.57. The third-order valence-corrected chi connectivity index (χ3v) is 4.70. The van der Waals surface area contributed by atoms with E-state index < -0.39 is 0 Å². The first kappa shape index (κ1) is 13.8. The van der Waals surface area contributed by atoms with Crippen molar-refractivity contribution in [2.75, 3.05) is 26.2 Å².